The summed E-state index contributed by atoms with van der Waals surface area (Å²) in [5, 5.41) is 20.7. The molecule has 2 N–H and O–H groups in total. The Balaban J connectivity index is 2.17. The molecule has 0 saturated heterocycles. The normalized spacial score (nSPS) is 10.7. The van der Waals surface area contributed by atoms with Crippen LogP contribution >= 0.6 is 0 Å². The zero-order chi connectivity index (χ0) is 16.6. The van der Waals surface area contributed by atoms with E-state index in [4.69, 9.17) is 0 Å². The van der Waals surface area contributed by atoms with Crippen molar-refractivity contribution in [1.82, 2.24) is 0 Å². The second kappa shape index (κ2) is 5.65. The summed E-state index contributed by atoms with van der Waals surface area (Å²) < 4.78 is 0. The average molecular weight is 307 g/mol. The van der Waals surface area contributed by atoms with Crippen molar-refractivity contribution < 1.29 is 15.0 Å². The van der Waals surface area contributed by atoms with Crippen LogP contribution in [0.15, 0.2) is 54.6 Å². The van der Waals surface area contributed by atoms with Crippen molar-refractivity contribution in [2.45, 2.75) is 0 Å². The monoisotopic (exact) mass is 307 g/mol. The lowest BCUT2D eigenvalue weighted by Crippen LogP contribution is -2.11. The van der Waals surface area contributed by atoms with Crippen molar-refractivity contribution in [1.29, 1.82) is 0 Å². The molecule has 0 heterocycles. The number of carboxylic acids is 1. The minimum atomic E-state index is -0.936. The van der Waals surface area contributed by atoms with Crippen LogP contribution in [0.4, 0.5) is 5.69 Å². The van der Waals surface area contributed by atoms with Crippen molar-refractivity contribution >= 4 is 22.4 Å². The molecular weight excluding hydrogens is 290 g/mol. The van der Waals surface area contributed by atoms with Crippen LogP contribution in [0.25, 0.3) is 21.9 Å². The lowest BCUT2D eigenvalue weighted by molar-refractivity contribution is 0.0697. The van der Waals surface area contributed by atoms with E-state index in [0.717, 1.165) is 27.6 Å². The molecule has 0 atom stereocenters. The van der Waals surface area contributed by atoms with Gasteiger partial charge in [-0.2, -0.15) is 0 Å². The first kappa shape index (κ1) is 14.9. The summed E-state index contributed by atoms with van der Waals surface area (Å²) >= 11 is 0. The molecule has 0 aliphatic heterocycles. The third kappa shape index (κ3) is 2.83. The van der Waals surface area contributed by atoms with Gasteiger partial charge in [-0.15, -0.1) is 0 Å². The van der Waals surface area contributed by atoms with Gasteiger partial charge in [-0.3, -0.25) is 0 Å². The van der Waals surface area contributed by atoms with Gasteiger partial charge in [-0.1, -0.05) is 24.3 Å². The second-order valence-corrected chi connectivity index (χ2v) is 5.68. The van der Waals surface area contributed by atoms with E-state index in [0.29, 0.717) is 0 Å². The molecule has 0 aliphatic carbocycles. The van der Waals surface area contributed by atoms with Crippen LogP contribution in [0.5, 0.6) is 5.75 Å². The third-order valence-electron chi connectivity index (χ3n) is 3.86. The maximum atomic E-state index is 11.2. The van der Waals surface area contributed by atoms with E-state index < -0.39 is 5.97 Å². The number of anilines is 1. The van der Waals surface area contributed by atoms with Crippen molar-refractivity contribution in [2.75, 3.05) is 19.0 Å². The van der Waals surface area contributed by atoms with Gasteiger partial charge in [0.1, 0.15) is 5.75 Å². The van der Waals surface area contributed by atoms with Crippen molar-refractivity contribution in [3.63, 3.8) is 0 Å². The zero-order valence-electron chi connectivity index (χ0n) is 12.9. The van der Waals surface area contributed by atoms with Gasteiger partial charge < -0.3 is 15.1 Å². The van der Waals surface area contributed by atoms with E-state index in [9.17, 15) is 15.0 Å². The highest BCUT2D eigenvalue weighted by Crippen LogP contribution is 2.33. The molecular formula is C19H17NO3. The molecule has 0 saturated carbocycles. The number of fused-ring (bicyclic) bond motifs is 1. The lowest BCUT2D eigenvalue weighted by atomic mass is 9.98. The molecule has 3 aromatic rings. The Morgan fingerprint density at radius 1 is 0.913 bits per heavy atom. The molecule has 0 amide bonds. The minimum absolute atomic E-state index is 0.241. The highest BCUT2D eigenvalue weighted by molar-refractivity contribution is 5.94. The Hall–Kier alpha value is -3.01. The van der Waals surface area contributed by atoms with Crippen LogP contribution in [0.2, 0.25) is 0 Å². The van der Waals surface area contributed by atoms with E-state index in [1.807, 2.05) is 49.3 Å². The Bertz CT molecular complexity index is 900. The Labute approximate surface area is 134 Å². The summed E-state index contributed by atoms with van der Waals surface area (Å²) in [5.74, 6) is -0.696. The van der Waals surface area contributed by atoms with Gasteiger partial charge in [-0.25, -0.2) is 4.79 Å². The third-order valence-corrected chi connectivity index (χ3v) is 3.86. The Kier molecular flexibility index (Phi) is 3.66. The number of rotatable bonds is 3. The van der Waals surface area contributed by atoms with Crippen LogP contribution in [-0.2, 0) is 0 Å². The fourth-order valence-corrected chi connectivity index (χ4v) is 2.68. The maximum absolute atomic E-state index is 11.2. The van der Waals surface area contributed by atoms with Crippen LogP contribution < -0.4 is 4.90 Å². The molecule has 116 valence electrons. The van der Waals surface area contributed by atoms with Crippen LogP contribution in [-0.4, -0.2) is 30.3 Å². The highest BCUT2D eigenvalue weighted by atomic mass is 16.4. The summed E-state index contributed by atoms with van der Waals surface area (Å²) in [4.78, 5) is 13.1. The van der Waals surface area contributed by atoms with Gasteiger partial charge in [-0.05, 0) is 46.7 Å². The van der Waals surface area contributed by atoms with Gasteiger partial charge in [0.2, 0.25) is 0 Å². The molecule has 23 heavy (non-hydrogen) atoms. The molecule has 0 bridgehead atoms. The molecule has 0 spiro atoms. The Morgan fingerprint density at radius 3 is 2.30 bits per heavy atom. The summed E-state index contributed by atoms with van der Waals surface area (Å²) in [6, 6.07) is 16.4. The molecule has 3 aromatic carbocycles. The Morgan fingerprint density at radius 2 is 1.61 bits per heavy atom. The SMILES string of the molecule is CN(C)c1cc(C(=O)O)ccc1-c1ccc2cc(O)ccc2c1. The highest BCUT2D eigenvalue weighted by Gasteiger charge is 2.12. The van der Waals surface area contributed by atoms with E-state index in [2.05, 4.69) is 0 Å². The molecule has 0 radical (unpaired) electrons. The van der Waals surface area contributed by atoms with Gasteiger partial charge in [0.15, 0.2) is 0 Å². The number of phenolic OH excluding ortho intramolecular Hbond substituents is 1. The number of hydrogen-bond donors (Lipinski definition) is 2. The van der Waals surface area contributed by atoms with Crippen molar-refractivity contribution in [3.8, 4) is 16.9 Å². The molecule has 3 rings (SSSR count). The minimum Gasteiger partial charge on any atom is -0.508 e. The van der Waals surface area contributed by atoms with Crippen LogP contribution in [0.1, 0.15) is 10.4 Å². The summed E-state index contributed by atoms with van der Waals surface area (Å²) in [7, 11) is 3.78. The smallest absolute Gasteiger partial charge is 0.335 e. The predicted molar refractivity (Wildman–Crippen MR) is 92.3 cm³/mol. The fraction of sp³-hybridized carbons (Fsp3) is 0.105. The maximum Gasteiger partial charge on any atom is 0.335 e. The fourth-order valence-electron chi connectivity index (χ4n) is 2.68. The first-order valence-corrected chi connectivity index (χ1v) is 7.23. The molecule has 4 nitrogen and oxygen atoms in total. The van der Waals surface area contributed by atoms with Gasteiger partial charge >= 0.3 is 5.97 Å². The van der Waals surface area contributed by atoms with E-state index in [1.165, 1.54) is 0 Å². The van der Waals surface area contributed by atoms with Crippen molar-refractivity contribution in [2.24, 2.45) is 0 Å². The standard InChI is InChI=1S/C19H17NO3/c1-20(2)18-11-15(19(22)23)6-8-17(18)14-4-3-13-10-16(21)7-5-12(13)9-14/h3-11,21H,1-2H3,(H,22,23). The number of nitrogens with zero attached hydrogens (tertiary/aromatic N) is 1. The molecule has 0 unspecified atom stereocenters. The lowest BCUT2D eigenvalue weighted by Gasteiger charge is -2.18. The van der Waals surface area contributed by atoms with Gasteiger partial charge in [0.25, 0.3) is 0 Å². The van der Waals surface area contributed by atoms with E-state index >= 15 is 0 Å². The van der Waals surface area contributed by atoms with Gasteiger partial charge in [0.05, 0.1) is 5.56 Å². The van der Waals surface area contributed by atoms with Crippen LogP contribution in [0, 0.1) is 0 Å². The van der Waals surface area contributed by atoms with Crippen molar-refractivity contribution in [3.05, 3.63) is 60.2 Å². The second-order valence-electron chi connectivity index (χ2n) is 5.68. The van der Waals surface area contributed by atoms with Gasteiger partial charge in [0, 0.05) is 25.3 Å². The van der Waals surface area contributed by atoms with E-state index in [-0.39, 0.29) is 11.3 Å². The zero-order valence-corrected chi connectivity index (χ0v) is 12.9. The number of aromatic carboxylic acids is 1. The largest absolute Gasteiger partial charge is 0.508 e. The molecule has 4 heteroatoms. The first-order chi connectivity index (χ1) is 11.0. The van der Waals surface area contributed by atoms with E-state index in [1.54, 1.807) is 24.3 Å². The number of phenols is 1. The topological polar surface area (TPSA) is 60.8 Å². The first-order valence-electron chi connectivity index (χ1n) is 7.23. The summed E-state index contributed by atoms with van der Waals surface area (Å²) in [6.07, 6.45) is 0. The number of carboxylic acid groups (broad SMARTS) is 1. The quantitative estimate of drug-likeness (QED) is 0.768. The summed E-state index contributed by atoms with van der Waals surface area (Å²) in [6.45, 7) is 0. The summed E-state index contributed by atoms with van der Waals surface area (Å²) in [5.41, 5.74) is 3.09. The number of benzene rings is 3. The molecule has 0 fully saturated rings. The molecule has 0 aromatic heterocycles. The number of carbonyl (C=O) groups is 1. The molecule has 0 aliphatic rings. The predicted octanol–water partition coefficient (Wildman–Crippen LogP) is 3.98. The van der Waals surface area contributed by atoms with Crippen LogP contribution in [0.3, 0.4) is 0 Å². The number of hydrogen-bond acceptors (Lipinski definition) is 3. The number of aromatic hydroxyl groups is 1. The average Bonchev–Trinajstić information content (AvgIpc) is 2.53.